The maximum atomic E-state index is 12.8. The number of hydrogen-bond donors (Lipinski definition) is 3. The molecule has 1 aliphatic carbocycles. The predicted molar refractivity (Wildman–Crippen MR) is 100 cm³/mol. The Kier molecular flexibility index (Phi) is 3.70. The van der Waals surface area contributed by atoms with Crippen molar-refractivity contribution in [2.45, 2.75) is 6.04 Å². The van der Waals surface area contributed by atoms with E-state index in [2.05, 4.69) is 26.6 Å². The molecule has 0 spiro atoms. The third-order valence-corrected chi connectivity index (χ3v) is 4.88. The van der Waals surface area contributed by atoms with E-state index in [0.717, 1.165) is 0 Å². The number of aromatic hydroxyl groups is 1. The summed E-state index contributed by atoms with van der Waals surface area (Å²) >= 11 is 8.62. The molecule has 0 radical (unpaired) electrons. The van der Waals surface area contributed by atoms with Crippen molar-refractivity contribution in [1.29, 1.82) is 0 Å². The van der Waals surface area contributed by atoms with E-state index in [1.165, 1.54) is 0 Å². The maximum absolute atomic E-state index is 12.8. The smallest absolute Gasteiger partial charge is 0.234 e. The van der Waals surface area contributed by atoms with Gasteiger partial charge in [0.25, 0.3) is 0 Å². The Labute approximate surface area is 156 Å². The van der Waals surface area contributed by atoms with Crippen molar-refractivity contribution >= 4 is 50.5 Å². The van der Waals surface area contributed by atoms with E-state index in [-0.39, 0.29) is 5.75 Å². The standard InChI is InChI=1S/C18H11BrN2O3S/c19-9-5-8(6-10(22)7-9)14-13-15(21-18(25)20-14)11-3-1-2-4-12(11)16(23)17(13)24/h1-7,14,22H,(H2,20,21,25). The van der Waals surface area contributed by atoms with Crippen molar-refractivity contribution < 1.29 is 14.7 Å². The van der Waals surface area contributed by atoms with Crippen LogP contribution in [0.2, 0.25) is 0 Å². The SMILES string of the molecule is O=C1C(=O)c2ccccc2C2=C1C(c1cc(O)cc(Br)c1)NC(=S)N2. The van der Waals surface area contributed by atoms with Gasteiger partial charge < -0.3 is 15.7 Å². The summed E-state index contributed by atoms with van der Waals surface area (Å²) in [5.74, 6) is -1.08. The van der Waals surface area contributed by atoms with E-state index in [9.17, 15) is 14.7 Å². The molecule has 2 aliphatic rings. The van der Waals surface area contributed by atoms with Gasteiger partial charge in [-0.2, -0.15) is 0 Å². The molecule has 0 fully saturated rings. The Hall–Kier alpha value is -2.51. The quantitative estimate of drug-likeness (QED) is 0.491. The molecule has 2 aromatic carbocycles. The van der Waals surface area contributed by atoms with E-state index >= 15 is 0 Å². The highest BCUT2D eigenvalue weighted by atomic mass is 79.9. The Morgan fingerprint density at radius 1 is 1.04 bits per heavy atom. The summed E-state index contributed by atoms with van der Waals surface area (Å²) in [5.41, 5.74) is 2.47. The number of benzene rings is 2. The minimum Gasteiger partial charge on any atom is -0.508 e. The second-order valence-electron chi connectivity index (χ2n) is 5.77. The van der Waals surface area contributed by atoms with Gasteiger partial charge in [-0.1, -0.05) is 40.2 Å². The van der Waals surface area contributed by atoms with Crippen molar-refractivity contribution in [2.24, 2.45) is 0 Å². The van der Waals surface area contributed by atoms with Crippen molar-refractivity contribution in [3.63, 3.8) is 0 Å². The van der Waals surface area contributed by atoms with Gasteiger partial charge in [0.2, 0.25) is 11.6 Å². The molecule has 0 saturated heterocycles. The molecule has 1 aliphatic heterocycles. The minimum absolute atomic E-state index is 0.0489. The number of carbonyl (C=O) groups is 2. The van der Waals surface area contributed by atoms with Gasteiger partial charge in [0.1, 0.15) is 5.75 Å². The maximum Gasteiger partial charge on any atom is 0.234 e. The number of ketones is 2. The van der Waals surface area contributed by atoms with Gasteiger partial charge >= 0.3 is 0 Å². The van der Waals surface area contributed by atoms with E-state index in [4.69, 9.17) is 12.2 Å². The highest BCUT2D eigenvalue weighted by Gasteiger charge is 2.40. The fraction of sp³-hybridized carbons (Fsp3) is 0.0556. The van der Waals surface area contributed by atoms with Crippen LogP contribution in [0, 0.1) is 0 Å². The molecule has 0 amide bonds. The molecule has 124 valence electrons. The molecule has 0 bridgehead atoms. The lowest BCUT2D eigenvalue weighted by Crippen LogP contribution is -2.47. The summed E-state index contributed by atoms with van der Waals surface area (Å²) in [6, 6.07) is 11.2. The molecule has 7 heteroatoms. The molecule has 1 heterocycles. The molecule has 1 unspecified atom stereocenters. The van der Waals surface area contributed by atoms with Crippen molar-refractivity contribution in [3.8, 4) is 5.75 Å². The minimum atomic E-state index is -0.628. The van der Waals surface area contributed by atoms with Crippen molar-refractivity contribution in [1.82, 2.24) is 10.6 Å². The summed E-state index contributed by atoms with van der Waals surface area (Å²) in [4.78, 5) is 25.3. The average molecular weight is 415 g/mol. The summed E-state index contributed by atoms with van der Waals surface area (Å²) < 4.78 is 0.658. The Morgan fingerprint density at radius 3 is 2.48 bits per heavy atom. The first-order chi connectivity index (χ1) is 12.0. The number of carbonyl (C=O) groups excluding carboxylic acids is 2. The zero-order chi connectivity index (χ0) is 17.7. The highest BCUT2D eigenvalue weighted by molar-refractivity contribution is 9.10. The number of rotatable bonds is 1. The molecule has 4 rings (SSSR count). The molecule has 5 nitrogen and oxygen atoms in total. The number of thiocarbonyl (C=S) groups is 1. The fourth-order valence-electron chi connectivity index (χ4n) is 3.18. The van der Waals surface area contributed by atoms with E-state index in [1.807, 2.05) is 0 Å². The van der Waals surface area contributed by atoms with Gasteiger partial charge in [-0.05, 0) is 36.0 Å². The van der Waals surface area contributed by atoms with Crippen molar-refractivity contribution in [2.75, 3.05) is 0 Å². The van der Waals surface area contributed by atoms with Gasteiger partial charge in [-0.25, -0.2) is 0 Å². The van der Waals surface area contributed by atoms with Crippen LogP contribution in [0.3, 0.4) is 0 Å². The topological polar surface area (TPSA) is 78.4 Å². The number of nitrogens with one attached hydrogen (secondary N) is 2. The molecular weight excluding hydrogens is 404 g/mol. The summed E-state index contributed by atoms with van der Waals surface area (Å²) in [7, 11) is 0. The number of hydrogen-bond acceptors (Lipinski definition) is 4. The van der Waals surface area contributed by atoms with Crippen LogP contribution in [0.15, 0.2) is 52.5 Å². The Balaban J connectivity index is 1.97. The number of fused-ring (bicyclic) bond motifs is 2. The van der Waals surface area contributed by atoms with Gasteiger partial charge in [-0.15, -0.1) is 0 Å². The zero-order valence-corrected chi connectivity index (χ0v) is 15.1. The van der Waals surface area contributed by atoms with Crippen LogP contribution in [-0.2, 0) is 4.79 Å². The molecular formula is C18H11BrN2O3S. The predicted octanol–water partition coefficient (Wildman–Crippen LogP) is 2.85. The molecule has 1 atom stereocenters. The largest absolute Gasteiger partial charge is 0.508 e. The van der Waals surface area contributed by atoms with Crippen LogP contribution in [0.25, 0.3) is 5.70 Å². The highest BCUT2D eigenvalue weighted by Crippen LogP contribution is 2.38. The molecule has 0 aromatic heterocycles. The molecule has 25 heavy (non-hydrogen) atoms. The normalized spacial score (nSPS) is 19.1. The lowest BCUT2D eigenvalue weighted by molar-refractivity contribution is -0.112. The van der Waals surface area contributed by atoms with Crippen LogP contribution in [0.5, 0.6) is 5.75 Å². The third-order valence-electron chi connectivity index (χ3n) is 4.20. The second-order valence-corrected chi connectivity index (χ2v) is 7.09. The monoisotopic (exact) mass is 414 g/mol. The summed E-state index contributed by atoms with van der Waals surface area (Å²) in [6.45, 7) is 0. The van der Waals surface area contributed by atoms with E-state index in [0.29, 0.717) is 37.5 Å². The first-order valence-electron chi connectivity index (χ1n) is 7.45. The second kappa shape index (κ2) is 5.79. The van der Waals surface area contributed by atoms with Crippen LogP contribution >= 0.6 is 28.1 Å². The Morgan fingerprint density at radius 2 is 1.76 bits per heavy atom. The van der Waals surface area contributed by atoms with E-state index in [1.54, 1.807) is 42.5 Å². The molecule has 2 aromatic rings. The third kappa shape index (κ3) is 2.56. The van der Waals surface area contributed by atoms with Crippen LogP contribution in [0.1, 0.15) is 27.5 Å². The average Bonchev–Trinajstić information content (AvgIpc) is 2.58. The Bertz CT molecular complexity index is 979. The number of Topliss-reactive ketones (excluding diaryl/α,β-unsaturated/α-hetero) is 2. The van der Waals surface area contributed by atoms with Crippen molar-refractivity contribution in [3.05, 3.63) is 69.2 Å². The van der Waals surface area contributed by atoms with Crippen LogP contribution in [-0.4, -0.2) is 21.8 Å². The number of phenols is 1. The summed E-state index contributed by atoms with van der Waals surface area (Å²) in [5, 5.41) is 16.3. The van der Waals surface area contributed by atoms with Gasteiger partial charge in [0.05, 0.1) is 17.3 Å². The van der Waals surface area contributed by atoms with E-state index < -0.39 is 17.6 Å². The lowest BCUT2D eigenvalue weighted by atomic mass is 9.81. The van der Waals surface area contributed by atoms with Gasteiger partial charge in [-0.3, -0.25) is 9.59 Å². The molecule has 0 saturated carbocycles. The number of phenolic OH excluding ortho intramolecular Hbond substituents is 1. The molecule has 3 N–H and O–H groups in total. The number of halogens is 1. The fourth-order valence-corrected chi connectivity index (χ4v) is 3.90. The first kappa shape index (κ1) is 16.0. The zero-order valence-electron chi connectivity index (χ0n) is 12.7. The van der Waals surface area contributed by atoms with Crippen LogP contribution in [0.4, 0.5) is 0 Å². The lowest BCUT2D eigenvalue weighted by Gasteiger charge is -2.34. The van der Waals surface area contributed by atoms with Crippen LogP contribution < -0.4 is 10.6 Å². The summed E-state index contributed by atoms with van der Waals surface area (Å²) in [6.07, 6.45) is 0. The van der Waals surface area contributed by atoms with Gasteiger partial charge in [0.15, 0.2) is 5.11 Å². The van der Waals surface area contributed by atoms with Gasteiger partial charge in [0, 0.05) is 15.6 Å². The first-order valence-corrected chi connectivity index (χ1v) is 8.65.